The van der Waals surface area contributed by atoms with Crippen LogP contribution in [0, 0.1) is 0 Å². The second kappa shape index (κ2) is 8.96. The second-order valence-electron chi connectivity index (χ2n) is 6.87. The Labute approximate surface area is 175 Å². The molecule has 11 heteroatoms. The van der Waals surface area contributed by atoms with Crippen molar-refractivity contribution in [3.8, 4) is 28.7 Å². The van der Waals surface area contributed by atoms with Gasteiger partial charge < -0.3 is 50.0 Å². The Balaban J connectivity index is 1.99. The van der Waals surface area contributed by atoms with Crippen LogP contribution >= 0.6 is 0 Å². The summed E-state index contributed by atoms with van der Waals surface area (Å²) in [6.45, 7) is -0.699. The van der Waals surface area contributed by atoms with Crippen molar-refractivity contribution in [2.45, 2.75) is 30.7 Å². The Kier molecular flexibility index (Phi) is 6.53. The van der Waals surface area contributed by atoms with Crippen LogP contribution in [0.4, 0.5) is 0 Å². The van der Waals surface area contributed by atoms with Gasteiger partial charge in [-0.1, -0.05) is 0 Å². The number of ketones is 1. The average molecular weight is 438 g/mol. The molecular formula is C20H22O11. The number of rotatable bonds is 6. The number of carbonyl (C=O) groups is 1. The van der Waals surface area contributed by atoms with Crippen LogP contribution in [-0.4, -0.2) is 86.0 Å². The van der Waals surface area contributed by atoms with Crippen LogP contribution in [0.5, 0.6) is 28.7 Å². The van der Waals surface area contributed by atoms with E-state index in [4.69, 9.17) is 14.2 Å². The molecule has 0 aromatic heterocycles. The van der Waals surface area contributed by atoms with E-state index < -0.39 is 65.9 Å². The summed E-state index contributed by atoms with van der Waals surface area (Å²) in [4.78, 5) is 13.0. The molecular weight excluding hydrogens is 416 g/mol. The summed E-state index contributed by atoms with van der Waals surface area (Å²) in [5.41, 5.74) is -0.420. The highest BCUT2D eigenvalue weighted by Gasteiger charge is 2.45. The molecule has 0 radical (unpaired) electrons. The average Bonchev–Trinajstić information content (AvgIpc) is 2.73. The maximum absolute atomic E-state index is 13.0. The number of aliphatic hydroxyl groups is 4. The third-order valence-electron chi connectivity index (χ3n) is 4.83. The molecule has 0 aliphatic carbocycles. The monoisotopic (exact) mass is 438 g/mol. The molecule has 7 N–H and O–H groups in total. The first-order valence-corrected chi connectivity index (χ1v) is 9.12. The Hall–Kier alpha value is -3.09. The van der Waals surface area contributed by atoms with Crippen molar-refractivity contribution in [2.75, 3.05) is 13.7 Å². The van der Waals surface area contributed by atoms with Crippen molar-refractivity contribution >= 4 is 5.78 Å². The zero-order valence-electron chi connectivity index (χ0n) is 16.2. The zero-order valence-corrected chi connectivity index (χ0v) is 16.2. The van der Waals surface area contributed by atoms with Crippen molar-refractivity contribution in [2.24, 2.45) is 0 Å². The summed E-state index contributed by atoms with van der Waals surface area (Å²) in [5, 5.41) is 69.1. The molecule has 0 spiro atoms. The van der Waals surface area contributed by atoms with Crippen LogP contribution in [0.2, 0.25) is 0 Å². The van der Waals surface area contributed by atoms with E-state index in [1.165, 1.54) is 25.3 Å². The first-order valence-electron chi connectivity index (χ1n) is 9.12. The highest BCUT2D eigenvalue weighted by atomic mass is 16.7. The molecule has 11 nitrogen and oxygen atoms in total. The van der Waals surface area contributed by atoms with Gasteiger partial charge in [0.15, 0.2) is 11.5 Å². The first-order chi connectivity index (χ1) is 14.7. The van der Waals surface area contributed by atoms with Gasteiger partial charge in [-0.2, -0.15) is 0 Å². The van der Waals surface area contributed by atoms with Gasteiger partial charge in [0.25, 0.3) is 0 Å². The maximum Gasteiger partial charge on any atom is 0.229 e. The van der Waals surface area contributed by atoms with E-state index in [2.05, 4.69) is 0 Å². The third kappa shape index (κ3) is 4.36. The highest BCUT2D eigenvalue weighted by Crippen LogP contribution is 2.37. The van der Waals surface area contributed by atoms with Crippen molar-refractivity contribution in [1.29, 1.82) is 0 Å². The van der Waals surface area contributed by atoms with E-state index in [1.54, 1.807) is 0 Å². The fraction of sp³-hybridized carbons (Fsp3) is 0.350. The van der Waals surface area contributed by atoms with Gasteiger partial charge in [-0.25, -0.2) is 0 Å². The van der Waals surface area contributed by atoms with Crippen LogP contribution in [-0.2, 0) is 4.74 Å². The SMILES string of the molecule is COc1cc(C(=O)c2c(O)cc(O)cc2OC2OC(CO)C(O)C(O)C2O)ccc1O. The molecule has 2 aromatic rings. The largest absolute Gasteiger partial charge is 0.508 e. The predicted octanol–water partition coefficient (Wildman–Crippen LogP) is -0.778. The van der Waals surface area contributed by atoms with Crippen molar-refractivity contribution in [3.63, 3.8) is 0 Å². The van der Waals surface area contributed by atoms with Crippen LogP contribution < -0.4 is 9.47 Å². The molecule has 1 heterocycles. The van der Waals surface area contributed by atoms with Gasteiger partial charge in [-0.15, -0.1) is 0 Å². The summed E-state index contributed by atoms with van der Waals surface area (Å²) < 4.78 is 15.7. The molecule has 1 aliphatic heterocycles. The van der Waals surface area contributed by atoms with E-state index in [9.17, 15) is 40.5 Å². The molecule has 0 bridgehead atoms. The molecule has 5 unspecified atom stereocenters. The Bertz CT molecular complexity index is 958. The van der Waals surface area contributed by atoms with Crippen LogP contribution in [0.3, 0.4) is 0 Å². The summed E-state index contributed by atoms with van der Waals surface area (Å²) in [6, 6.07) is 5.57. The molecule has 1 saturated heterocycles. The number of methoxy groups -OCH3 is 1. The Morgan fingerprint density at radius 2 is 1.68 bits per heavy atom. The molecule has 31 heavy (non-hydrogen) atoms. The smallest absolute Gasteiger partial charge is 0.229 e. The van der Waals surface area contributed by atoms with E-state index in [0.717, 1.165) is 12.1 Å². The summed E-state index contributed by atoms with van der Waals surface area (Å²) in [5.74, 6) is -2.53. The van der Waals surface area contributed by atoms with Gasteiger partial charge >= 0.3 is 0 Å². The number of hydrogen-bond donors (Lipinski definition) is 7. The van der Waals surface area contributed by atoms with E-state index in [1.807, 2.05) is 0 Å². The van der Waals surface area contributed by atoms with Crippen LogP contribution in [0.1, 0.15) is 15.9 Å². The maximum atomic E-state index is 13.0. The molecule has 0 amide bonds. The minimum absolute atomic E-state index is 0.000482. The lowest BCUT2D eigenvalue weighted by Crippen LogP contribution is -2.60. The molecule has 5 atom stereocenters. The molecule has 2 aromatic carbocycles. The number of hydrogen-bond acceptors (Lipinski definition) is 11. The molecule has 0 saturated carbocycles. The standard InChI is InChI=1S/C20H22O11/c1-29-12-4-8(2-3-10(12)23)16(25)15-11(24)5-9(22)6-13(15)30-20-19(28)18(27)17(26)14(7-21)31-20/h2-6,14,17-24,26-28H,7H2,1H3. The van der Waals surface area contributed by atoms with E-state index in [-0.39, 0.29) is 17.1 Å². The molecule has 1 fully saturated rings. The number of aromatic hydroxyl groups is 3. The number of aliphatic hydroxyl groups excluding tert-OH is 4. The van der Waals surface area contributed by atoms with Gasteiger partial charge in [0.1, 0.15) is 47.2 Å². The number of phenolic OH excluding ortho intramolecular Hbond substituents is 3. The second-order valence-corrected chi connectivity index (χ2v) is 6.87. The van der Waals surface area contributed by atoms with Gasteiger partial charge in [0.2, 0.25) is 12.1 Å². The van der Waals surface area contributed by atoms with E-state index in [0.29, 0.717) is 0 Å². The topological polar surface area (TPSA) is 186 Å². The minimum Gasteiger partial charge on any atom is -0.508 e. The number of ether oxygens (including phenoxy) is 3. The van der Waals surface area contributed by atoms with Crippen molar-refractivity contribution in [1.82, 2.24) is 0 Å². The Morgan fingerprint density at radius 3 is 2.32 bits per heavy atom. The molecule has 1 aliphatic rings. The molecule has 168 valence electrons. The summed E-state index contributed by atoms with van der Waals surface area (Å²) in [6.07, 6.45) is -8.06. The fourth-order valence-corrected chi connectivity index (χ4v) is 3.16. The summed E-state index contributed by atoms with van der Waals surface area (Å²) >= 11 is 0. The van der Waals surface area contributed by atoms with E-state index >= 15 is 0 Å². The van der Waals surface area contributed by atoms with Crippen LogP contribution in [0.25, 0.3) is 0 Å². The first kappa shape index (κ1) is 22.6. The zero-order chi connectivity index (χ0) is 22.9. The number of phenols is 3. The third-order valence-corrected chi connectivity index (χ3v) is 4.83. The predicted molar refractivity (Wildman–Crippen MR) is 102 cm³/mol. The quantitative estimate of drug-likeness (QED) is 0.281. The lowest BCUT2D eigenvalue weighted by Gasteiger charge is -2.39. The highest BCUT2D eigenvalue weighted by molar-refractivity contribution is 6.12. The lowest BCUT2D eigenvalue weighted by atomic mass is 9.98. The molecule has 3 rings (SSSR count). The van der Waals surface area contributed by atoms with Crippen molar-refractivity contribution in [3.05, 3.63) is 41.5 Å². The van der Waals surface area contributed by atoms with Gasteiger partial charge in [-0.3, -0.25) is 4.79 Å². The summed E-state index contributed by atoms with van der Waals surface area (Å²) in [7, 11) is 1.29. The minimum atomic E-state index is -1.78. The Morgan fingerprint density at radius 1 is 0.968 bits per heavy atom. The van der Waals surface area contributed by atoms with Gasteiger partial charge in [-0.05, 0) is 18.2 Å². The van der Waals surface area contributed by atoms with Crippen LogP contribution in [0.15, 0.2) is 30.3 Å². The lowest BCUT2D eigenvalue weighted by molar-refractivity contribution is -0.277. The normalized spacial score (nSPS) is 25.8. The number of carbonyl (C=O) groups excluding carboxylic acids is 1. The van der Waals surface area contributed by atoms with Gasteiger partial charge in [0, 0.05) is 17.7 Å². The fourth-order valence-electron chi connectivity index (χ4n) is 3.16. The van der Waals surface area contributed by atoms with Gasteiger partial charge in [0.05, 0.1) is 13.7 Å². The number of benzene rings is 2. The van der Waals surface area contributed by atoms with Crippen molar-refractivity contribution < 1.29 is 54.8 Å².